The molecule has 0 saturated carbocycles. The minimum atomic E-state index is -0.881. The van der Waals surface area contributed by atoms with Crippen LogP contribution >= 0.6 is 0 Å². The second kappa shape index (κ2) is 3.58. The molecule has 2 aliphatic heterocycles. The fourth-order valence-corrected chi connectivity index (χ4v) is 1.81. The highest BCUT2D eigenvalue weighted by molar-refractivity contribution is 6.16. The Hall–Kier alpha value is -1.92. The second-order valence-electron chi connectivity index (χ2n) is 3.89. The molecule has 2 unspecified atom stereocenters. The van der Waals surface area contributed by atoms with Crippen molar-refractivity contribution in [2.45, 2.75) is 19.4 Å². The summed E-state index contributed by atoms with van der Waals surface area (Å²) in [7, 11) is 0. The number of carbonyl (C=O) groups is 4. The summed E-state index contributed by atoms with van der Waals surface area (Å²) in [5.74, 6) is -2.22. The Bertz CT molecular complexity index is 392. The van der Waals surface area contributed by atoms with Crippen LogP contribution in [0.3, 0.4) is 0 Å². The van der Waals surface area contributed by atoms with Gasteiger partial charge in [0.1, 0.15) is 5.92 Å². The molecule has 5 amide bonds. The number of amides is 5. The zero-order valence-corrected chi connectivity index (χ0v) is 8.65. The Morgan fingerprint density at radius 2 is 1.94 bits per heavy atom. The molecule has 7 nitrogen and oxygen atoms in total. The largest absolute Gasteiger partial charge is 0.354 e. The average molecular weight is 225 g/mol. The fraction of sp³-hybridized carbons (Fsp3) is 0.556. The van der Waals surface area contributed by atoms with Gasteiger partial charge in [-0.15, -0.1) is 0 Å². The summed E-state index contributed by atoms with van der Waals surface area (Å²) in [4.78, 5) is 46.4. The first-order valence-corrected chi connectivity index (χ1v) is 4.95. The topological polar surface area (TPSA) is 95.6 Å². The zero-order valence-electron chi connectivity index (χ0n) is 8.65. The summed E-state index contributed by atoms with van der Waals surface area (Å²) in [5, 5.41) is 4.63. The Kier molecular flexibility index (Phi) is 2.37. The summed E-state index contributed by atoms with van der Waals surface area (Å²) in [6.07, 6.45) is 0.0973. The maximum atomic E-state index is 11.7. The van der Waals surface area contributed by atoms with Gasteiger partial charge < -0.3 is 5.32 Å². The Morgan fingerprint density at radius 1 is 1.25 bits per heavy atom. The van der Waals surface area contributed by atoms with E-state index in [1.54, 1.807) is 0 Å². The van der Waals surface area contributed by atoms with Gasteiger partial charge in [0, 0.05) is 13.0 Å². The summed E-state index contributed by atoms with van der Waals surface area (Å²) in [6.45, 7) is 1.68. The van der Waals surface area contributed by atoms with Crippen molar-refractivity contribution in [3.05, 3.63) is 0 Å². The highest BCUT2D eigenvalue weighted by Crippen LogP contribution is 2.17. The molecule has 0 aromatic rings. The molecule has 0 aliphatic carbocycles. The van der Waals surface area contributed by atoms with E-state index in [0.29, 0.717) is 0 Å². The molecular weight excluding hydrogens is 214 g/mol. The molecule has 2 aliphatic rings. The van der Waals surface area contributed by atoms with E-state index in [-0.39, 0.29) is 18.9 Å². The van der Waals surface area contributed by atoms with Crippen LogP contribution < -0.4 is 10.6 Å². The lowest BCUT2D eigenvalue weighted by molar-refractivity contribution is -0.142. The van der Waals surface area contributed by atoms with E-state index in [2.05, 4.69) is 10.6 Å². The van der Waals surface area contributed by atoms with Crippen LogP contribution in [0, 0.1) is 5.92 Å². The molecule has 16 heavy (non-hydrogen) atoms. The molecule has 2 N–H and O–H groups in total. The predicted molar refractivity (Wildman–Crippen MR) is 51.0 cm³/mol. The third kappa shape index (κ3) is 1.54. The lowest BCUT2D eigenvalue weighted by Crippen LogP contribution is -2.60. The maximum Gasteiger partial charge on any atom is 0.331 e. The molecule has 2 rings (SSSR count). The summed E-state index contributed by atoms with van der Waals surface area (Å²) >= 11 is 0. The maximum absolute atomic E-state index is 11.7. The number of hydrogen-bond donors (Lipinski definition) is 2. The number of nitrogens with zero attached hydrogens (tertiary/aromatic N) is 1. The summed E-state index contributed by atoms with van der Waals surface area (Å²) in [5.41, 5.74) is 0. The monoisotopic (exact) mass is 225 g/mol. The van der Waals surface area contributed by atoms with Crippen LogP contribution in [0.1, 0.15) is 13.3 Å². The smallest absolute Gasteiger partial charge is 0.331 e. The van der Waals surface area contributed by atoms with E-state index >= 15 is 0 Å². The molecule has 2 heterocycles. The predicted octanol–water partition coefficient (Wildman–Crippen LogP) is -1.41. The highest BCUT2D eigenvalue weighted by atomic mass is 16.2. The third-order valence-electron chi connectivity index (χ3n) is 2.77. The van der Waals surface area contributed by atoms with Crippen LogP contribution in [0.2, 0.25) is 0 Å². The third-order valence-corrected chi connectivity index (χ3v) is 2.77. The SMILES string of the molecule is CC1C(=O)NC(=O)N(C2CNC(=O)C2)C1=O. The van der Waals surface area contributed by atoms with Crippen molar-refractivity contribution in [2.75, 3.05) is 6.54 Å². The van der Waals surface area contributed by atoms with Gasteiger partial charge in [-0.05, 0) is 6.92 Å². The molecule has 0 aromatic carbocycles. The number of nitrogens with one attached hydrogen (secondary N) is 2. The number of barbiturate groups is 1. The highest BCUT2D eigenvalue weighted by Gasteiger charge is 2.43. The zero-order chi connectivity index (χ0) is 11.9. The lowest BCUT2D eigenvalue weighted by Gasteiger charge is -2.31. The number of urea groups is 1. The van der Waals surface area contributed by atoms with Gasteiger partial charge in [-0.2, -0.15) is 0 Å². The van der Waals surface area contributed by atoms with Gasteiger partial charge in [-0.1, -0.05) is 0 Å². The van der Waals surface area contributed by atoms with Gasteiger partial charge in [0.25, 0.3) is 0 Å². The molecule has 0 radical (unpaired) electrons. The van der Waals surface area contributed by atoms with Gasteiger partial charge in [0.05, 0.1) is 6.04 Å². The molecule has 2 fully saturated rings. The minimum absolute atomic E-state index is 0.0973. The molecule has 7 heteroatoms. The van der Waals surface area contributed by atoms with Crippen LogP contribution in [0.25, 0.3) is 0 Å². The van der Waals surface area contributed by atoms with E-state index < -0.39 is 29.8 Å². The van der Waals surface area contributed by atoms with E-state index in [9.17, 15) is 19.2 Å². The van der Waals surface area contributed by atoms with Crippen molar-refractivity contribution in [3.8, 4) is 0 Å². The molecule has 0 bridgehead atoms. The quantitative estimate of drug-likeness (QED) is 0.536. The number of hydrogen-bond acceptors (Lipinski definition) is 4. The minimum Gasteiger partial charge on any atom is -0.354 e. The van der Waals surface area contributed by atoms with Gasteiger partial charge in [-0.3, -0.25) is 24.6 Å². The summed E-state index contributed by atoms with van der Waals surface area (Å²) < 4.78 is 0. The van der Waals surface area contributed by atoms with Crippen LogP contribution in [-0.2, 0) is 14.4 Å². The fourth-order valence-electron chi connectivity index (χ4n) is 1.81. The standard InChI is InChI=1S/C9H11N3O4/c1-4-7(14)11-9(16)12(8(4)15)5-2-6(13)10-3-5/h4-5H,2-3H2,1H3,(H,10,13)(H,11,14,16). The van der Waals surface area contributed by atoms with Crippen LogP contribution in [0.4, 0.5) is 4.79 Å². The first-order valence-electron chi connectivity index (χ1n) is 4.95. The Balaban J connectivity index is 2.20. The van der Waals surface area contributed by atoms with Gasteiger partial charge >= 0.3 is 6.03 Å². The molecule has 0 aromatic heterocycles. The van der Waals surface area contributed by atoms with Crippen LogP contribution in [0.15, 0.2) is 0 Å². The van der Waals surface area contributed by atoms with Crippen LogP contribution in [-0.4, -0.2) is 41.2 Å². The van der Waals surface area contributed by atoms with E-state index in [0.717, 1.165) is 4.90 Å². The van der Waals surface area contributed by atoms with E-state index in [1.807, 2.05) is 0 Å². The first-order chi connectivity index (χ1) is 7.50. The molecule has 0 spiro atoms. The van der Waals surface area contributed by atoms with E-state index in [4.69, 9.17) is 0 Å². The second-order valence-corrected chi connectivity index (χ2v) is 3.89. The van der Waals surface area contributed by atoms with Crippen molar-refractivity contribution >= 4 is 23.8 Å². The van der Waals surface area contributed by atoms with Gasteiger partial charge in [-0.25, -0.2) is 4.79 Å². The van der Waals surface area contributed by atoms with Crippen molar-refractivity contribution in [3.63, 3.8) is 0 Å². The number of carbonyl (C=O) groups excluding carboxylic acids is 4. The Labute approximate surface area is 91.2 Å². The van der Waals surface area contributed by atoms with Crippen molar-refractivity contribution in [1.29, 1.82) is 0 Å². The first kappa shape index (κ1) is 10.6. The van der Waals surface area contributed by atoms with Crippen molar-refractivity contribution < 1.29 is 19.2 Å². The Morgan fingerprint density at radius 3 is 2.50 bits per heavy atom. The molecular formula is C9H11N3O4. The normalized spacial score (nSPS) is 30.4. The summed E-state index contributed by atoms with van der Waals surface area (Å²) in [6, 6.07) is -1.23. The van der Waals surface area contributed by atoms with Gasteiger partial charge in [0.15, 0.2) is 0 Å². The lowest BCUT2D eigenvalue weighted by atomic mass is 10.1. The molecule has 2 saturated heterocycles. The van der Waals surface area contributed by atoms with E-state index in [1.165, 1.54) is 6.92 Å². The van der Waals surface area contributed by atoms with Gasteiger partial charge in [0.2, 0.25) is 17.7 Å². The number of rotatable bonds is 1. The van der Waals surface area contributed by atoms with Crippen LogP contribution in [0.5, 0.6) is 0 Å². The number of imide groups is 2. The van der Waals surface area contributed by atoms with Crippen molar-refractivity contribution in [1.82, 2.24) is 15.5 Å². The van der Waals surface area contributed by atoms with Crippen molar-refractivity contribution in [2.24, 2.45) is 5.92 Å². The average Bonchev–Trinajstić information content (AvgIpc) is 2.61. The molecule has 2 atom stereocenters. The molecule has 86 valence electrons.